The molecule has 0 bridgehead atoms. The number of amides is 1. The Hall–Kier alpha value is -2.82. The van der Waals surface area contributed by atoms with Crippen LogP contribution in [-0.4, -0.2) is 37.0 Å². The molecular formula is C26H33NO4. The topological polar surface area (TPSA) is 55.8 Å². The van der Waals surface area contributed by atoms with Crippen molar-refractivity contribution >= 4 is 11.9 Å². The minimum atomic E-state index is -0.373. The lowest BCUT2D eigenvalue weighted by Crippen LogP contribution is -2.31. The first-order chi connectivity index (χ1) is 14.9. The zero-order chi connectivity index (χ0) is 22.5. The summed E-state index contributed by atoms with van der Waals surface area (Å²) in [5.41, 5.74) is 5.03. The monoisotopic (exact) mass is 423 g/mol. The number of carbonyl (C=O) groups excluding carboxylic acids is 2. The van der Waals surface area contributed by atoms with Crippen molar-refractivity contribution in [3.63, 3.8) is 0 Å². The molecule has 1 saturated carbocycles. The van der Waals surface area contributed by atoms with E-state index < -0.39 is 0 Å². The number of esters is 1. The maximum absolute atomic E-state index is 12.7. The summed E-state index contributed by atoms with van der Waals surface area (Å²) in [6.07, 6.45) is 2.00. The molecule has 0 radical (unpaired) electrons. The van der Waals surface area contributed by atoms with Gasteiger partial charge in [0.25, 0.3) is 0 Å². The summed E-state index contributed by atoms with van der Waals surface area (Å²) in [7, 11) is 1.65. The molecule has 31 heavy (non-hydrogen) atoms. The van der Waals surface area contributed by atoms with Crippen LogP contribution >= 0.6 is 0 Å². The van der Waals surface area contributed by atoms with Crippen molar-refractivity contribution < 1.29 is 19.1 Å². The van der Waals surface area contributed by atoms with Gasteiger partial charge in [-0.25, -0.2) is 0 Å². The predicted molar refractivity (Wildman–Crippen MR) is 122 cm³/mol. The van der Waals surface area contributed by atoms with Gasteiger partial charge in [0.15, 0.2) is 0 Å². The van der Waals surface area contributed by atoms with Crippen molar-refractivity contribution in [3.8, 4) is 16.9 Å². The summed E-state index contributed by atoms with van der Waals surface area (Å²) in [6.45, 7) is 9.35. The van der Waals surface area contributed by atoms with Crippen LogP contribution in [0.5, 0.6) is 5.75 Å². The van der Waals surface area contributed by atoms with Crippen molar-refractivity contribution in [2.24, 2.45) is 5.92 Å². The van der Waals surface area contributed by atoms with Crippen molar-refractivity contribution in [2.75, 3.05) is 20.3 Å². The second-order valence-electron chi connectivity index (χ2n) is 8.22. The number of hydrogen-bond acceptors (Lipinski definition) is 4. The molecule has 0 heterocycles. The molecule has 1 amide bonds. The van der Waals surface area contributed by atoms with Crippen LogP contribution in [0, 0.1) is 12.8 Å². The molecule has 0 aliphatic heterocycles. The van der Waals surface area contributed by atoms with E-state index in [1.54, 1.807) is 7.11 Å². The Labute approximate surface area is 185 Å². The van der Waals surface area contributed by atoms with Crippen LogP contribution in [0.25, 0.3) is 11.1 Å². The fraction of sp³-hybridized carbons (Fsp3) is 0.462. The molecule has 1 aliphatic rings. The average molecular weight is 424 g/mol. The Morgan fingerprint density at radius 2 is 1.84 bits per heavy atom. The minimum Gasteiger partial charge on any atom is -0.496 e. The third kappa shape index (κ3) is 5.27. The van der Waals surface area contributed by atoms with E-state index in [4.69, 9.17) is 9.47 Å². The summed E-state index contributed by atoms with van der Waals surface area (Å²) >= 11 is 0. The average Bonchev–Trinajstić information content (AvgIpc) is 3.62. The number of rotatable bonds is 9. The standard InChI is InChI=1S/C26H33NO4/c1-6-27(25(28)19-9-10-19)16-21-14-17(3)8-12-22(21)23-15-20(11-13-24(23)30-5)18(4)26(29)31-7-2/h8,11-15,18-19H,6-7,9-10,16H2,1-5H3. The summed E-state index contributed by atoms with van der Waals surface area (Å²) in [6, 6.07) is 12.1. The van der Waals surface area contributed by atoms with Gasteiger partial charge in [0.2, 0.25) is 5.91 Å². The van der Waals surface area contributed by atoms with Gasteiger partial charge >= 0.3 is 5.97 Å². The molecule has 0 saturated heterocycles. The van der Waals surface area contributed by atoms with E-state index in [1.807, 2.05) is 43.9 Å². The molecule has 3 rings (SSSR count). The van der Waals surface area contributed by atoms with E-state index in [9.17, 15) is 9.59 Å². The molecule has 5 heteroatoms. The summed E-state index contributed by atoms with van der Waals surface area (Å²) in [5.74, 6) is 0.557. The molecule has 1 fully saturated rings. The van der Waals surface area contributed by atoms with Gasteiger partial charge in [-0.3, -0.25) is 9.59 Å². The summed E-state index contributed by atoms with van der Waals surface area (Å²) in [4.78, 5) is 27.0. The second-order valence-corrected chi connectivity index (χ2v) is 8.22. The van der Waals surface area contributed by atoms with Crippen LogP contribution in [0.4, 0.5) is 0 Å². The highest BCUT2D eigenvalue weighted by atomic mass is 16.5. The van der Waals surface area contributed by atoms with E-state index in [2.05, 4.69) is 25.1 Å². The molecule has 0 spiro atoms. The Kier molecular flexibility index (Phi) is 7.37. The van der Waals surface area contributed by atoms with Crippen molar-refractivity contribution in [1.82, 2.24) is 4.90 Å². The first kappa shape index (κ1) is 22.9. The van der Waals surface area contributed by atoms with Gasteiger partial charge in [-0.05, 0) is 69.4 Å². The maximum atomic E-state index is 12.7. The number of aryl methyl sites for hydroxylation is 1. The molecule has 1 unspecified atom stereocenters. The molecule has 0 N–H and O–H groups in total. The number of benzene rings is 2. The normalized spacial score (nSPS) is 14.1. The van der Waals surface area contributed by atoms with Gasteiger partial charge in [0, 0.05) is 24.6 Å². The van der Waals surface area contributed by atoms with Crippen LogP contribution in [0.2, 0.25) is 0 Å². The molecule has 1 atom stereocenters. The Balaban J connectivity index is 2.02. The summed E-state index contributed by atoms with van der Waals surface area (Å²) < 4.78 is 10.9. The van der Waals surface area contributed by atoms with Crippen LogP contribution < -0.4 is 4.74 Å². The number of methoxy groups -OCH3 is 1. The highest BCUT2D eigenvalue weighted by Gasteiger charge is 2.33. The largest absolute Gasteiger partial charge is 0.496 e. The smallest absolute Gasteiger partial charge is 0.313 e. The van der Waals surface area contributed by atoms with Gasteiger partial charge in [0.1, 0.15) is 5.75 Å². The van der Waals surface area contributed by atoms with Crippen LogP contribution in [0.3, 0.4) is 0 Å². The highest BCUT2D eigenvalue weighted by Crippen LogP contribution is 2.37. The Morgan fingerprint density at radius 3 is 2.45 bits per heavy atom. The van der Waals surface area contributed by atoms with Crippen LogP contribution in [0.15, 0.2) is 36.4 Å². The van der Waals surface area contributed by atoms with E-state index in [-0.39, 0.29) is 23.7 Å². The first-order valence-electron chi connectivity index (χ1n) is 11.1. The zero-order valence-corrected chi connectivity index (χ0v) is 19.2. The highest BCUT2D eigenvalue weighted by molar-refractivity contribution is 5.82. The lowest BCUT2D eigenvalue weighted by atomic mass is 9.92. The van der Waals surface area contributed by atoms with Gasteiger partial charge in [-0.1, -0.05) is 29.8 Å². The fourth-order valence-corrected chi connectivity index (χ4v) is 3.86. The zero-order valence-electron chi connectivity index (χ0n) is 19.2. The van der Waals surface area contributed by atoms with Crippen molar-refractivity contribution in [3.05, 3.63) is 53.1 Å². The molecule has 5 nitrogen and oxygen atoms in total. The molecule has 2 aromatic rings. The number of ether oxygens (including phenoxy) is 2. The lowest BCUT2D eigenvalue weighted by molar-refractivity contribution is -0.144. The Morgan fingerprint density at radius 1 is 1.10 bits per heavy atom. The molecule has 2 aromatic carbocycles. The van der Waals surface area contributed by atoms with Gasteiger partial charge in [-0.2, -0.15) is 0 Å². The first-order valence-corrected chi connectivity index (χ1v) is 11.1. The number of nitrogens with zero attached hydrogens (tertiary/aromatic N) is 1. The molecule has 1 aliphatic carbocycles. The van der Waals surface area contributed by atoms with E-state index in [0.29, 0.717) is 19.7 Å². The van der Waals surface area contributed by atoms with Crippen LogP contribution in [-0.2, 0) is 20.9 Å². The molecule has 0 aromatic heterocycles. The van der Waals surface area contributed by atoms with E-state index in [1.165, 1.54) is 0 Å². The van der Waals surface area contributed by atoms with Crippen molar-refractivity contribution in [2.45, 2.75) is 53.0 Å². The van der Waals surface area contributed by atoms with Gasteiger partial charge in [-0.15, -0.1) is 0 Å². The van der Waals surface area contributed by atoms with Gasteiger partial charge in [0.05, 0.1) is 19.6 Å². The predicted octanol–water partition coefficient (Wildman–Crippen LogP) is 5.10. The second kappa shape index (κ2) is 9.99. The van der Waals surface area contributed by atoms with E-state index in [0.717, 1.165) is 46.4 Å². The third-order valence-corrected chi connectivity index (χ3v) is 5.90. The fourth-order valence-electron chi connectivity index (χ4n) is 3.86. The van der Waals surface area contributed by atoms with Crippen molar-refractivity contribution in [1.29, 1.82) is 0 Å². The molecule has 166 valence electrons. The Bertz CT molecular complexity index is 948. The number of hydrogen-bond donors (Lipinski definition) is 0. The maximum Gasteiger partial charge on any atom is 0.313 e. The minimum absolute atomic E-state index is 0.191. The SMILES string of the molecule is CCOC(=O)C(C)c1ccc(OC)c(-c2ccc(C)cc2CN(CC)C(=O)C2CC2)c1. The van der Waals surface area contributed by atoms with Crippen LogP contribution in [0.1, 0.15) is 56.2 Å². The summed E-state index contributed by atoms with van der Waals surface area (Å²) in [5, 5.41) is 0. The quantitative estimate of drug-likeness (QED) is 0.527. The van der Waals surface area contributed by atoms with Gasteiger partial charge < -0.3 is 14.4 Å². The lowest BCUT2D eigenvalue weighted by Gasteiger charge is -2.24. The van der Waals surface area contributed by atoms with E-state index >= 15 is 0 Å². The number of carbonyl (C=O) groups is 2. The third-order valence-electron chi connectivity index (χ3n) is 5.90. The molecular weight excluding hydrogens is 390 g/mol.